The maximum absolute atomic E-state index is 13.6. The van der Waals surface area contributed by atoms with Crippen molar-refractivity contribution < 1.29 is 13.5 Å². The summed E-state index contributed by atoms with van der Waals surface area (Å²) in [6.07, 6.45) is 2.89. The van der Waals surface area contributed by atoms with E-state index in [1.165, 1.54) is 11.6 Å². The predicted molar refractivity (Wildman–Crippen MR) is 80.5 cm³/mol. The molecule has 0 aromatic heterocycles. The van der Waals surface area contributed by atoms with Crippen LogP contribution in [0.1, 0.15) is 37.0 Å². The average molecular weight is 290 g/mol. The van der Waals surface area contributed by atoms with Gasteiger partial charge in [-0.1, -0.05) is 32.4 Å². The maximum atomic E-state index is 13.6. The van der Waals surface area contributed by atoms with Crippen molar-refractivity contribution in [3.05, 3.63) is 64.7 Å². The van der Waals surface area contributed by atoms with E-state index in [2.05, 4.69) is 19.9 Å². The van der Waals surface area contributed by atoms with Gasteiger partial charge in [0.2, 0.25) is 0 Å². The molecule has 3 heteroatoms. The van der Waals surface area contributed by atoms with E-state index in [1.54, 1.807) is 0 Å². The van der Waals surface area contributed by atoms with Crippen LogP contribution in [0.5, 0.6) is 5.75 Å². The first-order chi connectivity index (χ1) is 10.1. The average Bonchev–Trinajstić information content (AvgIpc) is 2.49. The van der Waals surface area contributed by atoms with Crippen LogP contribution in [0, 0.1) is 11.6 Å². The molecule has 0 spiro atoms. The third kappa shape index (κ3) is 4.03. The lowest BCUT2D eigenvalue weighted by molar-refractivity contribution is 0.295. The Kier molecular flexibility index (Phi) is 5.32. The molecule has 1 nitrogen and oxygen atoms in total. The van der Waals surface area contributed by atoms with Gasteiger partial charge >= 0.3 is 0 Å². The largest absolute Gasteiger partial charge is 0.489 e. The summed E-state index contributed by atoms with van der Waals surface area (Å²) in [6.45, 7) is 4.24. The number of ether oxygens (including phenoxy) is 1. The van der Waals surface area contributed by atoms with Gasteiger partial charge in [0.25, 0.3) is 0 Å². The van der Waals surface area contributed by atoms with E-state index in [0.29, 0.717) is 0 Å². The van der Waals surface area contributed by atoms with Crippen molar-refractivity contribution in [1.29, 1.82) is 0 Å². The summed E-state index contributed by atoms with van der Waals surface area (Å²) in [4.78, 5) is 0. The third-order valence-electron chi connectivity index (χ3n) is 3.44. The van der Waals surface area contributed by atoms with E-state index in [-0.39, 0.29) is 12.2 Å². The van der Waals surface area contributed by atoms with Gasteiger partial charge in [-0.25, -0.2) is 8.78 Å². The molecule has 2 aromatic rings. The molecule has 0 unspecified atom stereocenters. The van der Waals surface area contributed by atoms with Crippen LogP contribution in [-0.4, -0.2) is 0 Å². The first kappa shape index (κ1) is 15.5. The summed E-state index contributed by atoms with van der Waals surface area (Å²) in [7, 11) is 0. The van der Waals surface area contributed by atoms with E-state index in [0.717, 1.165) is 42.7 Å². The molecule has 0 amide bonds. The predicted octanol–water partition coefficient (Wildman–Crippen LogP) is 5.06. The molecular formula is C18H20F2O. The highest BCUT2D eigenvalue weighted by Crippen LogP contribution is 2.24. The van der Waals surface area contributed by atoms with Crippen molar-refractivity contribution >= 4 is 0 Å². The first-order valence-corrected chi connectivity index (χ1v) is 7.32. The van der Waals surface area contributed by atoms with Crippen LogP contribution >= 0.6 is 0 Å². The second-order valence-electron chi connectivity index (χ2n) is 5.07. The van der Waals surface area contributed by atoms with E-state index in [4.69, 9.17) is 4.74 Å². The molecule has 0 aliphatic heterocycles. The second-order valence-corrected chi connectivity index (χ2v) is 5.07. The highest BCUT2D eigenvalue weighted by Gasteiger charge is 2.08. The molecule has 2 rings (SSSR count). The molecule has 0 aliphatic carbocycles. The van der Waals surface area contributed by atoms with Crippen LogP contribution in [0.15, 0.2) is 36.4 Å². The molecule has 0 aliphatic rings. The van der Waals surface area contributed by atoms with E-state index < -0.39 is 11.6 Å². The van der Waals surface area contributed by atoms with Crippen molar-refractivity contribution in [2.45, 2.75) is 39.7 Å². The quantitative estimate of drug-likeness (QED) is 0.722. The fourth-order valence-electron chi connectivity index (χ4n) is 2.27. The van der Waals surface area contributed by atoms with Gasteiger partial charge in [-0.3, -0.25) is 0 Å². The zero-order valence-corrected chi connectivity index (χ0v) is 12.5. The van der Waals surface area contributed by atoms with Crippen molar-refractivity contribution in [3.8, 4) is 5.75 Å². The van der Waals surface area contributed by atoms with E-state index in [9.17, 15) is 8.78 Å². The molecule has 0 fully saturated rings. The molecule has 0 N–H and O–H groups in total. The van der Waals surface area contributed by atoms with Crippen LogP contribution < -0.4 is 4.74 Å². The van der Waals surface area contributed by atoms with Gasteiger partial charge in [-0.15, -0.1) is 0 Å². The van der Waals surface area contributed by atoms with Gasteiger partial charge in [0.15, 0.2) is 0 Å². The Hall–Kier alpha value is -1.90. The van der Waals surface area contributed by atoms with Gasteiger partial charge in [0.05, 0.1) is 0 Å². The normalized spacial score (nSPS) is 10.7. The van der Waals surface area contributed by atoms with Gasteiger partial charge < -0.3 is 4.74 Å². The van der Waals surface area contributed by atoms with Crippen LogP contribution in [0.25, 0.3) is 0 Å². The summed E-state index contributed by atoms with van der Waals surface area (Å²) in [5.74, 6) is -0.151. The monoisotopic (exact) mass is 290 g/mol. The number of aryl methyl sites for hydroxylation is 2. The molecule has 0 saturated heterocycles. The SMILES string of the molecule is CCCc1cc(CC)ccc1OCc1cc(F)ccc1F. The lowest BCUT2D eigenvalue weighted by Crippen LogP contribution is -2.02. The number of hydrogen-bond acceptors (Lipinski definition) is 1. The van der Waals surface area contributed by atoms with Crippen molar-refractivity contribution in [2.24, 2.45) is 0 Å². The van der Waals surface area contributed by atoms with Crippen molar-refractivity contribution in [3.63, 3.8) is 0 Å². The van der Waals surface area contributed by atoms with Crippen molar-refractivity contribution in [2.75, 3.05) is 0 Å². The molecular weight excluding hydrogens is 270 g/mol. The zero-order valence-electron chi connectivity index (χ0n) is 12.5. The minimum absolute atomic E-state index is 0.0335. The summed E-state index contributed by atoms with van der Waals surface area (Å²) < 4.78 is 32.4. The van der Waals surface area contributed by atoms with Crippen LogP contribution in [0.4, 0.5) is 8.78 Å². The van der Waals surface area contributed by atoms with Gasteiger partial charge in [0.1, 0.15) is 24.0 Å². The topological polar surface area (TPSA) is 9.23 Å². The van der Waals surface area contributed by atoms with Crippen LogP contribution in [0.3, 0.4) is 0 Å². The Bertz CT molecular complexity index is 608. The zero-order chi connectivity index (χ0) is 15.2. The van der Waals surface area contributed by atoms with E-state index in [1.807, 2.05) is 12.1 Å². The van der Waals surface area contributed by atoms with E-state index >= 15 is 0 Å². The Morgan fingerprint density at radius 1 is 0.952 bits per heavy atom. The minimum atomic E-state index is -0.454. The molecule has 0 radical (unpaired) electrons. The van der Waals surface area contributed by atoms with Gasteiger partial charge in [-0.2, -0.15) is 0 Å². The third-order valence-corrected chi connectivity index (χ3v) is 3.44. The molecule has 0 saturated carbocycles. The molecule has 21 heavy (non-hydrogen) atoms. The summed E-state index contributed by atoms with van der Waals surface area (Å²) in [5.41, 5.74) is 2.61. The van der Waals surface area contributed by atoms with Crippen LogP contribution in [-0.2, 0) is 19.4 Å². The number of halogens is 2. The summed E-state index contributed by atoms with van der Waals surface area (Å²) in [6, 6.07) is 9.46. The standard InChI is InChI=1S/C18H20F2O/c1-3-5-14-10-13(4-2)6-9-18(14)21-12-15-11-16(19)7-8-17(15)20/h6-11H,3-5,12H2,1-2H3. The Labute approximate surface area is 124 Å². The first-order valence-electron chi connectivity index (χ1n) is 7.32. The summed E-state index contributed by atoms with van der Waals surface area (Å²) >= 11 is 0. The Morgan fingerprint density at radius 3 is 2.48 bits per heavy atom. The highest BCUT2D eigenvalue weighted by molar-refractivity contribution is 5.37. The number of rotatable bonds is 6. The second kappa shape index (κ2) is 7.21. The maximum Gasteiger partial charge on any atom is 0.130 e. The van der Waals surface area contributed by atoms with Crippen molar-refractivity contribution in [1.82, 2.24) is 0 Å². The highest BCUT2D eigenvalue weighted by atomic mass is 19.1. The molecule has 0 atom stereocenters. The molecule has 0 heterocycles. The lowest BCUT2D eigenvalue weighted by Gasteiger charge is -2.13. The Morgan fingerprint density at radius 2 is 1.76 bits per heavy atom. The fraction of sp³-hybridized carbons (Fsp3) is 0.333. The molecule has 112 valence electrons. The Balaban J connectivity index is 2.17. The lowest BCUT2D eigenvalue weighted by atomic mass is 10.0. The molecule has 0 bridgehead atoms. The number of benzene rings is 2. The van der Waals surface area contributed by atoms with Gasteiger partial charge in [0, 0.05) is 5.56 Å². The van der Waals surface area contributed by atoms with Crippen LogP contribution in [0.2, 0.25) is 0 Å². The number of hydrogen-bond donors (Lipinski definition) is 0. The minimum Gasteiger partial charge on any atom is -0.489 e. The summed E-state index contributed by atoms with van der Waals surface area (Å²) in [5, 5.41) is 0. The fourth-order valence-corrected chi connectivity index (χ4v) is 2.27. The smallest absolute Gasteiger partial charge is 0.130 e. The molecule has 2 aromatic carbocycles. The van der Waals surface area contributed by atoms with Gasteiger partial charge in [-0.05, 0) is 48.2 Å².